The Labute approximate surface area is 125 Å². The summed E-state index contributed by atoms with van der Waals surface area (Å²) >= 11 is 3.92. The zero-order valence-electron chi connectivity index (χ0n) is 11.7. The average molecular weight is 288 g/mol. The molecule has 0 radical (unpaired) electrons. The fraction of sp³-hybridized carbons (Fsp3) is 0.294. The molecule has 2 heteroatoms. The number of benzene rings is 2. The van der Waals surface area contributed by atoms with Crippen molar-refractivity contribution in [3.63, 3.8) is 0 Å². The lowest BCUT2D eigenvalue weighted by molar-refractivity contribution is 1.05. The Morgan fingerprint density at radius 1 is 0.737 bits per heavy atom. The minimum Gasteiger partial charge on any atom is -0.111 e. The molecule has 0 amide bonds. The second-order valence-corrected chi connectivity index (χ2v) is 7.55. The van der Waals surface area contributed by atoms with Crippen LogP contribution in [-0.4, -0.2) is 4.58 Å². The molecule has 0 spiro atoms. The van der Waals surface area contributed by atoms with E-state index in [-0.39, 0.29) is 0 Å². The summed E-state index contributed by atoms with van der Waals surface area (Å²) in [6.07, 6.45) is 1.16. The van der Waals surface area contributed by atoms with Gasteiger partial charge in [-0.3, -0.25) is 0 Å². The van der Waals surface area contributed by atoms with Gasteiger partial charge in [-0.2, -0.15) is 0 Å². The molecule has 2 rings (SSSR count). The summed E-state index contributed by atoms with van der Waals surface area (Å²) in [5.41, 5.74) is 2.65. The molecular weight excluding hydrogens is 268 g/mol. The SMILES string of the molecule is CCC(Sc1ccc(C)cc1)Sc1ccc(C)cc1. The van der Waals surface area contributed by atoms with Gasteiger partial charge in [0.2, 0.25) is 0 Å². The van der Waals surface area contributed by atoms with E-state index in [1.54, 1.807) is 0 Å². The van der Waals surface area contributed by atoms with Crippen LogP contribution in [0.25, 0.3) is 0 Å². The van der Waals surface area contributed by atoms with Gasteiger partial charge in [0.1, 0.15) is 0 Å². The predicted octanol–water partition coefficient (Wildman–Crippen LogP) is 5.92. The van der Waals surface area contributed by atoms with E-state index >= 15 is 0 Å². The number of hydrogen-bond acceptors (Lipinski definition) is 2. The molecule has 2 aromatic rings. The van der Waals surface area contributed by atoms with Crippen LogP contribution in [0.4, 0.5) is 0 Å². The summed E-state index contributed by atoms with van der Waals surface area (Å²) in [4.78, 5) is 2.72. The van der Waals surface area contributed by atoms with Crippen molar-refractivity contribution in [1.29, 1.82) is 0 Å². The molecule has 0 nitrogen and oxygen atoms in total. The summed E-state index contributed by atoms with van der Waals surface area (Å²) in [5, 5.41) is 0. The average Bonchev–Trinajstić information content (AvgIpc) is 2.43. The van der Waals surface area contributed by atoms with Gasteiger partial charge in [-0.05, 0) is 44.5 Å². The molecule has 0 atom stereocenters. The summed E-state index contributed by atoms with van der Waals surface area (Å²) < 4.78 is 0.574. The molecule has 19 heavy (non-hydrogen) atoms. The van der Waals surface area contributed by atoms with Crippen LogP contribution < -0.4 is 0 Å². The molecule has 0 fully saturated rings. The maximum atomic E-state index is 2.26. The molecular formula is C17H20S2. The molecule has 0 bridgehead atoms. The smallest absolute Gasteiger partial charge is 0.0594 e. The van der Waals surface area contributed by atoms with Crippen molar-refractivity contribution in [2.75, 3.05) is 0 Å². The Bertz CT molecular complexity index is 452. The fourth-order valence-corrected chi connectivity index (χ4v) is 4.11. The lowest BCUT2D eigenvalue weighted by Gasteiger charge is -2.14. The fourth-order valence-electron chi connectivity index (χ4n) is 1.73. The molecule has 100 valence electrons. The summed E-state index contributed by atoms with van der Waals surface area (Å²) in [6, 6.07) is 17.6. The third kappa shape index (κ3) is 4.63. The van der Waals surface area contributed by atoms with Crippen LogP contribution in [0.5, 0.6) is 0 Å². The normalized spacial score (nSPS) is 10.9. The molecule has 0 saturated carbocycles. The van der Waals surface area contributed by atoms with Gasteiger partial charge in [0.15, 0.2) is 0 Å². The van der Waals surface area contributed by atoms with Crippen molar-refractivity contribution in [2.45, 2.75) is 41.6 Å². The standard InChI is InChI=1S/C17H20S2/c1-4-17(18-15-9-5-13(2)6-10-15)19-16-11-7-14(3)8-12-16/h5-12,17H,4H2,1-3H3. The quantitative estimate of drug-likeness (QED) is 0.494. The van der Waals surface area contributed by atoms with Crippen molar-refractivity contribution in [3.8, 4) is 0 Å². The van der Waals surface area contributed by atoms with Gasteiger partial charge < -0.3 is 0 Å². The zero-order chi connectivity index (χ0) is 13.7. The van der Waals surface area contributed by atoms with Gasteiger partial charge in [-0.15, -0.1) is 23.5 Å². The van der Waals surface area contributed by atoms with E-state index in [4.69, 9.17) is 0 Å². The lowest BCUT2D eigenvalue weighted by atomic mass is 10.2. The van der Waals surface area contributed by atoms with Crippen LogP contribution in [0.15, 0.2) is 58.3 Å². The minimum absolute atomic E-state index is 0.574. The molecule has 0 aliphatic rings. The van der Waals surface area contributed by atoms with Gasteiger partial charge in [-0.25, -0.2) is 0 Å². The van der Waals surface area contributed by atoms with Crippen LogP contribution in [-0.2, 0) is 0 Å². The molecule has 0 aliphatic heterocycles. The van der Waals surface area contributed by atoms with Crippen LogP contribution in [0, 0.1) is 13.8 Å². The highest BCUT2D eigenvalue weighted by molar-refractivity contribution is 8.17. The van der Waals surface area contributed by atoms with Gasteiger partial charge >= 0.3 is 0 Å². The van der Waals surface area contributed by atoms with E-state index in [0.29, 0.717) is 4.58 Å². The first-order chi connectivity index (χ1) is 9.17. The molecule has 0 saturated heterocycles. The van der Waals surface area contributed by atoms with E-state index in [1.807, 2.05) is 23.5 Å². The Balaban J connectivity index is 2.00. The van der Waals surface area contributed by atoms with E-state index in [2.05, 4.69) is 69.3 Å². The molecule has 0 heterocycles. The first-order valence-electron chi connectivity index (χ1n) is 6.64. The van der Waals surface area contributed by atoms with Crippen LogP contribution in [0.3, 0.4) is 0 Å². The van der Waals surface area contributed by atoms with Crippen molar-refractivity contribution in [3.05, 3.63) is 59.7 Å². The summed E-state index contributed by atoms with van der Waals surface area (Å²) in [5.74, 6) is 0. The second-order valence-electron chi connectivity index (χ2n) is 4.70. The Hall–Kier alpha value is -0.860. The maximum absolute atomic E-state index is 2.26. The zero-order valence-corrected chi connectivity index (χ0v) is 13.4. The highest BCUT2D eigenvalue weighted by Gasteiger charge is 2.10. The monoisotopic (exact) mass is 288 g/mol. The largest absolute Gasteiger partial charge is 0.111 e. The Morgan fingerprint density at radius 3 is 1.42 bits per heavy atom. The predicted molar refractivity (Wildman–Crippen MR) is 88.2 cm³/mol. The summed E-state index contributed by atoms with van der Waals surface area (Å²) in [6.45, 7) is 6.52. The molecule has 0 unspecified atom stereocenters. The first-order valence-corrected chi connectivity index (χ1v) is 8.40. The van der Waals surface area contributed by atoms with E-state index in [0.717, 1.165) is 6.42 Å². The van der Waals surface area contributed by atoms with E-state index in [1.165, 1.54) is 20.9 Å². The van der Waals surface area contributed by atoms with Crippen molar-refractivity contribution < 1.29 is 0 Å². The number of aryl methyl sites for hydroxylation is 2. The highest BCUT2D eigenvalue weighted by Crippen LogP contribution is 2.37. The second kappa shape index (κ2) is 7.06. The van der Waals surface area contributed by atoms with Crippen LogP contribution in [0.1, 0.15) is 24.5 Å². The Morgan fingerprint density at radius 2 is 1.11 bits per heavy atom. The number of hydrogen-bond donors (Lipinski definition) is 0. The lowest BCUT2D eigenvalue weighted by Crippen LogP contribution is -1.94. The van der Waals surface area contributed by atoms with E-state index < -0.39 is 0 Å². The number of rotatable bonds is 5. The van der Waals surface area contributed by atoms with Crippen molar-refractivity contribution in [2.24, 2.45) is 0 Å². The third-order valence-corrected chi connectivity index (χ3v) is 5.77. The highest BCUT2D eigenvalue weighted by atomic mass is 32.2. The first kappa shape index (κ1) is 14.5. The molecule has 0 aromatic heterocycles. The van der Waals surface area contributed by atoms with E-state index in [9.17, 15) is 0 Å². The van der Waals surface area contributed by atoms with Crippen molar-refractivity contribution in [1.82, 2.24) is 0 Å². The topological polar surface area (TPSA) is 0 Å². The van der Waals surface area contributed by atoms with Crippen LogP contribution >= 0.6 is 23.5 Å². The minimum atomic E-state index is 0.574. The molecule has 2 aromatic carbocycles. The van der Waals surface area contributed by atoms with Crippen LogP contribution in [0.2, 0.25) is 0 Å². The van der Waals surface area contributed by atoms with Crippen molar-refractivity contribution >= 4 is 23.5 Å². The van der Waals surface area contributed by atoms with Gasteiger partial charge in [0.05, 0.1) is 4.58 Å². The number of thioether (sulfide) groups is 2. The van der Waals surface area contributed by atoms with Gasteiger partial charge in [0.25, 0.3) is 0 Å². The third-order valence-electron chi connectivity index (χ3n) is 2.91. The summed E-state index contributed by atoms with van der Waals surface area (Å²) in [7, 11) is 0. The Kier molecular flexibility index (Phi) is 5.41. The molecule has 0 aliphatic carbocycles. The maximum Gasteiger partial charge on any atom is 0.0594 e. The molecule has 0 N–H and O–H groups in total. The van der Waals surface area contributed by atoms with Gasteiger partial charge in [0, 0.05) is 9.79 Å². The van der Waals surface area contributed by atoms with Gasteiger partial charge in [-0.1, -0.05) is 42.3 Å².